The molecule has 0 saturated carbocycles. The van der Waals surface area contributed by atoms with Crippen LogP contribution in [0, 0.1) is 24.4 Å². The van der Waals surface area contributed by atoms with Crippen LogP contribution in [0.2, 0.25) is 0 Å². The Labute approximate surface area is 279 Å². The largest absolute Gasteiger partial charge is 0.331 e. The quantitative estimate of drug-likeness (QED) is 0.169. The lowest BCUT2D eigenvalue weighted by molar-refractivity contribution is -0.129. The maximum absolute atomic E-state index is 16.2. The van der Waals surface area contributed by atoms with Crippen molar-refractivity contribution in [3.05, 3.63) is 89.0 Å². The van der Waals surface area contributed by atoms with E-state index in [1.165, 1.54) is 28.9 Å². The first kappa shape index (κ1) is 31.8. The van der Waals surface area contributed by atoms with Gasteiger partial charge in [-0.1, -0.05) is 12.6 Å². The second-order valence-corrected chi connectivity index (χ2v) is 13.6. The maximum Gasteiger partial charge on any atom is 0.246 e. The second kappa shape index (κ2) is 11.7. The minimum atomic E-state index is -0.826. The molecule has 0 aliphatic carbocycles. The standard InChI is InChI=1S/C36H34F3N7OS/c1-8-30(47)45-15-18(2)46-29(19(45)3)14-27(42-46)35-33(31-22(16-43(5)6)11-23(37)13-24(31)38)32-25(39)17-48-36(32)34(41-35)21-9-10-28-26(12-21)40-20(4)44(28)7/h8-14,17-19H,1,15-16H2,2-7H3/t18-,19+/m0/s1. The van der Waals surface area contributed by atoms with Gasteiger partial charge in [-0.05, 0) is 70.8 Å². The van der Waals surface area contributed by atoms with Crippen molar-refractivity contribution in [1.29, 1.82) is 0 Å². The van der Waals surface area contributed by atoms with Gasteiger partial charge < -0.3 is 14.4 Å². The Morgan fingerprint density at radius 1 is 1.06 bits per heavy atom. The van der Waals surface area contributed by atoms with Crippen LogP contribution in [0.15, 0.2) is 54.4 Å². The van der Waals surface area contributed by atoms with Crippen molar-refractivity contribution >= 4 is 38.4 Å². The number of pyridine rings is 1. The SMILES string of the molecule is C=CC(=O)N1C[C@H](C)n2nc(-c3nc(-c4ccc5c(c4)nc(C)n5C)c4scc(F)c4c3-c3c(F)cc(F)cc3CN(C)C)cc2[C@H]1C. The van der Waals surface area contributed by atoms with E-state index in [2.05, 4.69) is 6.58 Å². The molecule has 0 radical (unpaired) electrons. The molecule has 0 saturated heterocycles. The summed E-state index contributed by atoms with van der Waals surface area (Å²) in [7, 11) is 5.54. The summed E-state index contributed by atoms with van der Waals surface area (Å²) in [5.41, 5.74) is 4.89. The number of hydrogen-bond acceptors (Lipinski definition) is 6. The average Bonchev–Trinajstić information content (AvgIpc) is 3.73. The van der Waals surface area contributed by atoms with E-state index >= 15 is 8.78 Å². The number of aromatic nitrogens is 5. The average molecular weight is 670 g/mol. The van der Waals surface area contributed by atoms with Crippen molar-refractivity contribution in [3.8, 4) is 33.8 Å². The van der Waals surface area contributed by atoms with Crippen molar-refractivity contribution in [2.45, 2.75) is 39.4 Å². The number of carbonyl (C=O) groups is 1. The fourth-order valence-electron chi connectivity index (χ4n) is 6.81. The molecule has 8 nitrogen and oxygen atoms in total. The van der Waals surface area contributed by atoms with Crippen LogP contribution < -0.4 is 0 Å². The van der Waals surface area contributed by atoms with Crippen LogP contribution in [-0.2, 0) is 18.4 Å². The van der Waals surface area contributed by atoms with Crippen LogP contribution in [0.25, 0.3) is 54.9 Å². The van der Waals surface area contributed by atoms with E-state index in [1.54, 1.807) is 23.9 Å². The molecular formula is C36H34F3N7OS. The predicted molar refractivity (Wildman–Crippen MR) is 183 cm³/mol. The Morgan fingerprint density at radius 3 is 2.56 bits per heavy atom. The van der Waals surface area contributed by atoms with Crippen molar-refractivity contribution in [3.63, 3.8) is 0 Å². The molecule has 48 heavy (non-hydrogen) atoms. The third-order valence-electron chi connectivity index (χ3n) is 9.16. The third kappa shape index (κ3) is 5.01. The Kier molecular flexibility index (Phi) is 7.75. The molecule has 4 aromatic heterocycles. The lowest BCUT2D eigenvalue weighted by Crippen LogP contribution is -2.42. The molecule has 0 fully saturated rings. The molecule has 0 bridgehead atoms. The zero-order valence-electron chi connectivity index (χ0n) is 27.5. The van der Waals surface area contributed by atoms with Gasteiger partial charge >= 0.3 is 0 Å². The van der Waals surface area contributed by atoms with Gasteiger partial charge in [0.1, 0.15) is 29.0 Å². The molecule has 0 spiro atoms. The number of amides is 1. The van der Waals surface area contributed by atoms with E-state index in [9.17, 15) is 9.18 Å². The highest BCUT2D eigenvalue weighted by atomic mass is 32.1. The van der Waals surface area contributed by atoms with Crippen LogP contribution in [-0.4, -0.2) is 60.7 Å². The number of fused-ring (bicyclic) bond motifs is 3. The first-order chi connectivity index (χ1) is 22.9. The lowest BCUT2D eigenvalue weighted by atomic mass is 9.92. The summed E-state index contributed by atoms with van der Waals surface area (Å²) in [5.74, 6) is -1.46. The molecule has 5 heterocycles. The van der Waals surface area contributed by atoms with Crippen molar-refractivity contribution < 1.29 is 18.0 Å². The van der Waals surface area contributed by atoms with E-state index in [4.69, 9.17) is 15.1 Å². The van der Waals surface area contributed by atoms with Gasteiger partial charge in [0.15, 0.2) is 0 Å². The van der Waals surface area contributed by atoms with E-state index in [0.29, 0.717) is 33.8 Å². The lowest BCUT2D eigenvalue weighted by Gasteiger charge is -2.36. The minimum absolute atomic E-state index is 0.0628. The summed E-state index contributed by atoms with van der Waals surface area (Å²) in [4.78, 5) is 26.1. The molecule has 12 heteroatoms. The summed E-state index contributed by atoms with van der Waals surface area (Å²) in [6.07, 6.45) is 1.29. The number of rotatable bonds is 6. The van der Waals surface area contributed by atoms with Crippen molar-refractivity contribution in [2.75, 3.05) is 20.6 Å². The summed E-state index contributed by atoms with van der Waals surface area (Å²) < 4.78 is 51.5. The van der Waals surface area contributed by atoms with Crippen LogP contribution >= 0.6 is 11.3 Å². The molecule has 2 atom stereocenters. The molecule has 246 valence electrons. The monoisotopic (exact) mass is 669 g/mol. The van der Waals surface area contributed by atoms with Gasteiger partial charge in [0.2, 0.25) is 5.91 Å². The van der Waals surface area contributed by atoms with E-state index in [-0.39, 0.29) is 46.7 Å². The zero-order valence-corrected chi connectivity index (χ0v) is 28.3. The van der Waals surface area contributed by atoms with Gasteiger partial charge in [0, 0.05) is 53.7 Å². The molecule has 2 aromatic carbocycles. The number of imidazole rings is 1. The molecule has 1 aliphatic rings. The van der Waals surface area contributed by atoms with E-state index in [1.807, 2.05) is 61.3 Å². The highest BCUT2D eigenvalue weighted by molar-refractivity contribution is 7.17. The Balaban J connectivity index is 1.57. The normalized spacial score (nSPS) is 16.3. The number of thiophene rings is 1. The van der Waals surface area contributed by atoms with Crippen molar-refractivity contribution in [1.82, 2.24) is 34.1 Å². The van der Waals surface area contributed by atoms with E-state index in [0.717, 1.165) is 28.6 Å². The molecule has 1 aliphatic heterocycles. The molecule has 0 N–H and O–H groups in total. The van der Waals surface area contributed by atoms with Crippen LogP contribution in [0.5, 0.6) is 0 Å². The predicted octanol–water partition coefficient (Wildman–Crippen LogP) is 7.82. The number of carbonyl (C=O) groups excluding carboxylic acids is 1. The summed E-state index contributed by atoms with van der Waals surface area (Å²) >= 11 is 1.18. The Hall–Kier alpha value is -4.81. The summed E-state index contributed by atoms with van der Waals surface area (Å²) in [5, 5.41) is 6.53. The van der Waals surface area contributed by atoms with Gasteiger partial charge in [-0.2, -0.15) is 5.10 Å². The first-order valence-corrected chi connectivity index (χ1v) is 16.5. The van der Waals surface area contributed by atoms with Gasteiger partial charge in [-0.3, -0.25) is 9.48 Å². The van der Waals surface area contributed by atoms with Crippen LogP contribution in [0.1, 0.15) is 43.0 Å². The fraction of sp³-hybridized carbons (Fsp3) is 0.278. The number of benzene rings is 2. The Bertz CT molecular complexity index is 2280. The fourth-order valence-corrected chi connectivity index (χ4v) is 7.74. The first-order valence-electron chi connectivity index (χ1n) is 15.6. The smallest absolute Gasteiger partial charge is 0.246 e. The molecule has 7 rings (SSSR count). The highest BCUT2D eigenvalue weighted by Gasteiger charge is 2.34. The summed E-state index contributed by atoms with van der Waals surface area (Å²) in [6, 6.07) is 9.18. The van der Waals surface area contributed by atoms with Gasteiger partial charge in [-0.15, -0.1) is 11.3 Å². The van der Waals surface area contributed by atoms with Crippen LogP contribution in [0.3, 0.4) is 0 Å². The number of nitrogens with zero attached hydrogens (tertiary/aromatic N) is 7. The second-order valence-electron chi connectivity index (χ2n) is 12.7. The molecular weight excluding hydrogens is 636 g/mol. The zero-order chi connectivity index (χ0) is 34.2. The van der Waals surface area contributed by atoms with Crippen LogP contribution in [0.4, 0.5) is 13.2 Å². The van der Waals surface area contributed by atoms with Gasteiger partial charge in [-0.25, -0.2) is 23.1 Å². The molecule has 1 amide bonds. The molecule has 6 aromatic rings. The molecule has 0 unspecified atom stereocenters. The number of aryl methyl sites for hydroxylation is 2. The van der Waals surface area contributed by atoms with Gasteiger partial charge in [0.25, 0.3) is 0 Å². The van der Waals surface area contributed by atoms with Crippen molar-refractivity contribution in [2.24, 2.45) is 7.05 Å². The summed E-state index contributed by atoms with van der Waals surface area (Å²) in [6.45, 7) is 10.0. The highest BCUT2D eigenvalue weighted by Crippen LogP contribution is 2.47. The van der Waals surface area contributed by atoms with E-state index < -0.39 is 17.5 Å². The topological polar surface area (TPSA) is 72.1 Å². The number of halogens is 3. The van der Waals surface area contributed by atoms with Gasteiger partial charge in [0.05, 0.1) is 44.9 Å². The maximum atomic E-state index is 16.2. The minimum Gasteiger partial charge on any atom is -0.331 e. The third-order valence-corrected chi connectivity index (χ3v) is 10.1. The Morgan fingerprint density at radius 2 is 1.83 bits per heavy atom. The number of hydrogen-bond donors (Lipinski definition) is 0.